The number of benzene rings is 1. The molecule has 0 aliphatic rings. The Hall–Kier alpha value is -2.09. The predicted molar refractivity (Wildman–Crippen MR) is 62.5 cm³/mol. The SMILES string of the molecule is CC(C#N)CN(C)C(=O)c1cc(N)cc(F)c1. The van der Waals surface area contributed by atoms with Crippen LogP contribution in [0.15, 0.2) is 18.2 Å². The normalized spacial score (nSPS) is 11.6. The largest absolute Gasteiger partial charge is 0.399 e. The van der Waals surface area contributed by atoms with Crippen molar-refractivity contribution in [2.45, 2.75) is 6.92 Å². The summed E-state index contributed by atoms with van der Waals surface area (Å²) in [7, 11) is 1.57. The molecule has 0 bridgehead atoms. The molecule has 2 N–H and O–H groups in total. The molecule has 0 spiro atoms. The first-order valence-corrected chi connectivity index (χ1v) is 5.15. The lowest BCUT2D eigenvalue weighted by atomic mass is 10.1. The highest BCUT2D eigenvalue weighted by molar-refractivity contribution is 5.94. The molecule has 1 aromatic rings. The summed E-state index contributed by atoms with van der Waals surface area (Å²) in [5, 5.41) is 8.66. The quantitative estimate of drug-likeness (QED) is 0.809. The van der Waals surface area contributed by atoms with Crippen LogP contribution in [0.3, 0.4) is 0 Å². The number of amides is 1. The van der Waals surface area contributed by atoms with Gasteiger partial charge in [-0.05, 0) is 25.1 Å². The molecule has 1 atom stereocenters. The highest BCUT2D eigenvalue weighted by Gasteiger charge is 2.15. The Balaban J connectivity index is 2.86. The number of nitrogens with zero attached hydrogens (tertiary/aromatic N) is 2. The van der Waals surface area contributed by atoms with E-state index in [1.54, 1.807) is 14.0 Å². The molecule has 1 rings (SSSR count). The maximum absolute atomic E-state index is 13.1. The Morgan fingerprint density at radius 1 is 1.59 bits per heavy atom. The van der Waals surface area contributed by atoms with Gasteiger partial charge < -0.3 is 10.6 Å². The van der Waals surface area contributed by atoms with Crippen LogP contribution in [-0.4, -0.2) is 24.4 Å². The number of halogens is 1. The van der Waals surface area contributed by atoms with Gasteiger partial charge in [0.15, 0.2) is 0 Å². The van der Waals surface area contributed by atoms with Gasteiger partial charge in [0.25, 0.3) is 5.91 Å². The third-order valence-corrected chi connectivity index (χ3v) is 2.28. The third-order valence-electron chi connectivity index (χ3n) is 2.28. The number of carbonyl (C=O) groups excluding carboxylic acids is 1. The van der Waals surface area contributed by atoms with E-state index in [1.165, 1.54) is 11.0 Å². The van der Waals surface area contributed by atoms with Crippen LogP contribution in [0.4, 0.5) is 10.1 Å². The summed E-state index contributed by atoms with van der Waals surface area (Å²) in [6.07, 6.45) is 0. The first kappa shape index (κ1) is 13.0. The zero-order chi connectivity index (χ0) is 13.0. The minimum Gasteiger partial charge on any atom is -0.399 e. The van der Waals surface area contributed by atoms with Crippen molar-refractivity contribution >= 4 is 11.6 Å². The molecule has 0 aromatic heterocycles. The molecule has 5 heteroatoms. The van der Waals surface area contributed by atoms with Crippen molar-refractivity contribution in [3.8, 4) is 6.07 Å². The van der Waals surface area contributed by atoms with Crippen LogP contribution in [0, 0.1) is 23.1 Å². The molecule has 1 amide bonds. The zero-order valence-corrected chi connectivity index (χ0v) is 9.77. The Morgan fingerprint density at radius 3 is 2.76 bits per heavy atom. The van der Waals surface area contributed by atoms with Gasteiger partial charge in [-0.15, -0.1) is 0 Å². The standard InChI is InChI=1S/C12H14FN3O/c1-8(6-14)7-16(2)12(17)9-3-10(13)5-11(15)4-9/h3-5,8H,7,15H2,1-2H3. The van der Waals surface area contributed by atoms with E-state index in [2.05, 4.69) is 0 Å². The molecule has 0 saturated carbocycles. The summed E-state index contributed by atoms with van der Waals surface area (Å²) < 4.78 is 13.1. The fourth-order valence-electron chi connectivity index (χ4n) is 1.49. The average Bonchev–Trinajstić information content (AvgIpc) is 2.26. The van der Waals surface area contributed by atoms with Crippen LogP contribution in [-0.2, 0) is 0 Å². The van der Waals surface area contributed by atoms with E-state index in [-0.39, 0.29) is 23.1 Å². The van der Waals surface area contributed by atoms with Crippen molar-refractivity contribution in [2.75, 3.05) is 19.3 Å². The maximum Gasteiger partial charge on any atom is 0.253 e. The number of anilines is 1. The van der Waals surface area contributed by atoms with E-state index in [1.807, 2.05) is 6.07 Å². The molecule has 4 nitrogen and oxygen atoms in total. The summed E-state index contributed by atoms with van der Waals surface area (Å²) in [4.78, 5) is 13.3. The van der Waals surface area contributed by atoms with Gasteiger partial charge in [0, 0.05) is 24.8 Å². The molecule has 0 saturated heterocycles. The smallest absolute Gasteiger partial charge is 0.253 e. The second-order valence-corrected chi connectivity index (χ2v) is 3.99. The lowest BCUT2D eigenvalue weighted by molar-refractivity contribution is 0.0784. The molecule has 0 heterocycles. The van der Waals surface area contributed by atoms with E-state index in [0.29, 0.717) is 6.54 Å². The van der Waals surface area contributed by atoms with E-state index in [9.17, 15) is 9.18 Å². The van der Waals surface area contributed by atoms with Gasteiger partial charge in [0.1, 0.15) is 5.82 Å². The topological polar surface area (TPSA) is 70.1 Å². The van der Waals surface area contributed by atoms with Crippen LogP contribution in [0.2, 0.25) is 0 Å². The number of rotatable bonds is 3. The second-order valence-electron chi connectivity index (χ2n) is 3.99. The van der Waals surface area contributed by atoms with Crippen molar-refractivity contribution in [1.29, 1.82) is 5.26 Å². The van der Waals surface area contributed by atoms with Gasteiger partial charge in [0.05, 0.1) is 12.0 Å². The molecule has 0 aliphatic heterocycles. The van der Waals surface area contributed by atoms with E-state index >= 15 is 0 Å². The Kier molecular flexibility index (Phi) is 4.05. The monoisotopic (exact) mass is 235 g/mol. The molecular weight excluding hydrogens is 221 g/mol. The van der Waals surface area contributed by atoms with Crippen molar-refractivity contribution < 1.29 is 9.18 Å². The van der Waals surface area contributed by atoms with Gasteiger partial charge in [-0.3, -0.25) is 4.79 Å². The number of nitrogens with two attached hydrogens (primary N) is 1. The Labute approximate surface area is 99.4 Å². The maximum atomic E-state index is 13.1. The molecule has 0 aliphatic carbocycles. The number of nitrogen functional groups attached to an aromatic ring is 1. The highest BCUT2D eigenvalue weighted by Crippen LogP contribution is 2.13. The van der Waals surface area contributed by atoms with Crippen LogP contribution in [0.1, 0.15) is 17.3 Å². The van der Waals surface area contributed by atoms with Crippen LogP contribution in [0.5, 0.6) is 0 Å². The predicted octanol–water partition coefficient (Wildman–Crippen LogP) is 1.64. The first-order chi connectivity index (χ1) is 7.93. The fourth-order valence-corrected chi connectivity index (χ4v) is 1.49. The zero-order valence-electron chi connectivity index (χ0n) is 9.77. The van der Waals surface area contributed by atoms with Gasteiger partial charge in [-0.1, -0.05) is 0 Å². The number of carbonyl (C=O) groups is 1. The highest BCUT2D eigenvalue weighted by atomic mass is 19.1. The minimum atomic E-state index is -0.546. The lowest BCUT2D eigenvalue weighted by Gasteiger charge is -2.18. The fraction of sp³-hybridized carbons (Fsp3) is 0.333. The van der Waals surface area contributed by atoms with Crippen LogP contribution in [0.25, 0.3) is 0 Å². The van der Waals surface area contributed by atoms with Gasteiger partial charge in [-0.25, -0.2) is 4.39 Å². The molecule has 1 aromatic carbocycles. The minimum absolute atomic E-state index is 0.190. The first-order valence-electron chi connectivity index (χ1n) is 5.15. The summed E-state index contributed by atoms with van der Waals surface area (Å²) >= 11 is 0. The van der Waals surface area contributed by atoms with Crippen molar-refractivity contribution in [3.63, 3.8) is 0 Å². The van der Waals surface area contributed by atoms with E-state index in [4.69, 9.17) is 11.0 Å². The van der Waals surface area contributed by atoms with Gasteiger partial charge in [0.2, 0.25) is 0 Å². The molecule has 1 unspecified atom stereocenters. The van der Waals surface area contributed by atoms with E-state index in [0.717, 1.165) is 12.1 Å². The Morgan fingerprint density at radius 2 is 2.24 bits per heavy atom. The second kappa shape index (κ2) is 5.30. The summed E-state index contributed by atoms with van der Waals surface area (Å²) in [6, 6.07) is 5.73. The van der Waals surface area contributed by atoms with Crippen molar-refractivity contribution in [3.05, 3.63) is 29.6 Å². The van der Waals surface area contributed by atoms with E-state index < -0.39 is 5.82 Å². The van der Waals surface area contributed by atoms with Gasteiger partial charge in [-0.2, -0.15) is 5.26 Å². The number of hydrogen-bond acceptors (Lipinski definition) is 3. The van der Waals surface area contributed by atoms with Crippen LogP contribution >= 0.6 is 0 Å². The molecule has 0 fully saturated rings. The van der Waals surface area contributed by atoms with Crippen molar-refractivity contribution in [1.82, 2.24) is 4.90 Å². The average molecular weight is 235 g/mol. The molecule has 0 radical (unpaired) electrons. The summed E-state index contributed by atoms with van der Waals surface area (Å²) in [5.74, 6) is -1.16. The molecular formula is C12H14FN3O. The summed E-state index contributed by atoms with van der Waals surface area (Å²) in [5.41, 5.74) is 5.86. The third kappa shape index (κ3) is 3.45. The molecule has 90 valence electrons. The number of nitriles is 1. The summed E-state index contributed by atoms with van der Waals surface area (Å²) in [6.45, 7) is 2.01. The van der Waals surface area contributed by atoms with Gasteiger partial charge >= 0.3 is 0 Å². The lowest BCUT2D eigenvalue weighted by Crippen LogP contribution is -2.30. The van der Waals surface area contributed by atoms with Crippen LogP contribution < -0.4 is 5.73 Å². The van der Waals surface area contributed by atoms with Crippen molar-refractivity contribution in [2.24, 2.45) is 5.92 Å². The number of hydrogen-bond donors (Lipinski definition) is 1. The Bertz CT molecular complexity index is 447. The molecule has 17 heavy (non-hydrogen) atoms.